The zero-order chi connectivity index (χ0) is 20.5. The lowest BCUT2D eigenvalue weighted by molar-refractivity contribution is 0.577. The lowest BCUT2D eigenvalue weighted by Crippen LogP contribution is -2.40. The molecule has 0 saturated heterocycles. The highest BCUT2D eigenvalue weighted by atomic mass is 35.5. The summed E-state index contributed by atoms with van der Waals surface area (Å²) in [7, 11) is 0. The third kappa shape index (κ3) is 3.63. The third-order valence-corrected chi connectivity index (χ3v) is 5.35. The number of aromatic nitrogens is 2. The van der Waals surface area contributed by atoms with Crippen molar-refractivity contribution in [3.63, 3.8) is 0 Å². The number of benzene rings is 2. The van der Waals surface area contributed by atoms with Gasteiger partial charge in [0.2, 0.25) is 0 Å². The van der Waals surface area contributed by atoms with Crippen molar-refractivity contribution in [2.75, 3.05) is 0 Å². The van der Waals surface area contributed by atoms with Crippen LogP contribution in [0, 0.1) is 0 Å². The van der Waals surface area contributed by atoms with Gasteiger partial charge in [0, 0.05) is 22.5 Å². The van der Waals surface area contributed by atoms with Gasteiger partial charge in [-0.05, 0) is 60.3 Å². The fourth-order valence-electron chi connectivity index (χ4n) is 3.45. The van der Waals surface area contributed by atoms with Crippen LogP contribution in [0.25, 0.3) is 22.8 Å². The van der Waals surface area contributed by atoms with Crippen LogP contribution in [-0.4, -0.2) is 14.9 Å². The Kier molecular flexibility index (Phi) is 4.86. The number of hydrogen-bond donors (Lipinski definition) is 2. The number of hydrogen-bond acceptors (Lipinski definition) is 3. The molecule has 4 aromatic rings. The van der Waals surface area contributed by atoms with Crippen molar-refractivity contribution in [3.05, 3.63) is 101 Å². The molecule has 0 saturated carbocycles. The zero-order valence-electron chi connectivity index (χ0n) is 15.7. The first-order valence-corrected chi connectivity index (χ1v) is 10.2. The summed E-state index contributed by atoms with van der Waals surface area (Å²) in [6.07, 6.45) is 5.75. The van der Waals surface area contributed by atoms with Crippen LogP contribution in [0.15, 0.2) is 89.7 Å². The number of nitrogens with one attached hydrogen (secondary N) is 2. The van der Waals surface area contributed by atoms with Gasteiger partial charge >= 0.3 is 0 Å². The Bertz CT molecular complexity index is 1210. The predicted octanol–water partition coefficient (Wildman–Crippen LogP) is 5.35. The molecule has 0 spiro atoms. The molecule has 1 aliphatic heterocycles. The number of nitrogens with zero attached hydrogens (tertiary/aromatic N) is 2. The smallest absolute Gasteiger partial charge is 0.171 e. The minimum absolute atomic E-state index is 0.179. The number of thiocarbonyl (C=S) groups is 1. The van der Waals surface area contributed by atoms with Crippen molar-refractivity contribution in [2.24, 2.45) is 0 Å². The molecule has 0 aliphatic carbocycles. The third-order valence-electron chi connectivity index (χ3n) is 4.88. The number of furan rings is 1. The second-order valence-corrected chi connectivity index (χ2v) is 7.70. The molecule has 0 radical (unpaired) electrons. The zero-order valence-corrected chi connectivity index (χ0v) is 17.3. The van der Waals surface area contributed by atoms with Gasteiger partial charge in [0.25, 0.3) is 0 Å². The minimum Gasteiger partial charge on any atom is -0.463 e. The Morgan fingerprint density at radius 1 is 1.00 bits per heavy atom. The van der Waals surface area contributed by atoms with Crippen LogP contribution >= 0.6 is 23.8 Å². The Morgan fingerprint density at radius 3 is 2.53 bits per heavy atom. The van der Waals surface area contributed by atoms with E-state index < -0.39 is 0 Å². The molecule has 0 amide bonds. The second kappa shape index (κ2) is 7.82. The van der Waals surface area contributed by atoms with E-state index in [0.29, 0.717) is 15.9 Å². The van der Waals surface area contributed by atoms with Gasteiger partial charge in [-0.1, -0.05) is 41.9 Å². The van der Waals surface area contributed by atoms with Crippen LogP contribution in [0.4, 0.5) is 0 Å². The van der Waals surface area contributed by atoms with E-state index in [2.05, 4.69) is 16.7 Å². The molecule has 5 nitrogen and oxygen atoms in total. The van der Waals surface area contributed by atoms with Crippen LogP contribution in [0.3, 0.4) is 0 Å². The Labute approximate surface area is 184 Å². The molecule has 0 bridgehead atoms. The predicted molar refractivity (Wildman–Crippen MR) is 122 cm³/mol. The fraction of sp³-hybridized carbons (Fsp3) is 0.0435. The molecule has 7 heteroatoms. The summed E-state index contributed by atoms with van der Waals surface area (Å²) in [5.74, 6) is 0.701. The van der Waals surface area contributed by atoms with E-state index in [1.165, 1.54) is 0 Å². The first kappa shape index (κ1) is 18.7. The van der Waals surface area contributed by atoms with Gasteiger partial charge in [0.1, 0.15) is 5.69 Å². The lowest BCUT2D eigenvalue weighted by Gasteiger charge is -2.26. The monoisotopic (exact) mass is 432 g/mol. The fourth-order valence-corrected chi connectivity index (χ4v) is 3.81. The maximum atomic E-state index is 6.04. The summed E-state index contributed by atoms with van der Waals surface area (Å²) in [6, 6.07) is 21.2. The van der Waals surface area contributed by atoms with E-state index in [1.54, 1.807) is 6.26 Å². The van der Waals surface area contributed by atoms with E-state index in [-0.39, 0.29) is 6.04 Å². The van der Waals surface area contributed by atoms with Crippen molar-refractivity contribution in [1.29, 1.82) is 0 Å². The van der Waals surface area contributed by atoms with Crippen molar-refractivity contribution in [1.82, 2.24) is 20.4 Å². The molecule has 1 aliphatic rings. The summed E-state index contributed by atoms with van der Waals surface area (Å²) in [4.78, 5) is 0. The van der Waals surface area contributed by atoms with E-state index in [9.17, 15) is 0 Å². The Morgan fingerprint density at radius 2 is 1.80 bits per heavy atom. The van der Waals surface area contributed by atoms with Crippen molar-refractivity contribution < 1.29 is 4.42 Å². The SMILES string of the molecule is S=C1NC(c2ccc(Cl)cc2)=CC(c2cn(-c3ccccc3)nc2-c2ccco2)N1. The highest BCUT2D eigenvalue weighted by Crippen LogP contribution is 2.32. The molecule has 1 atom stereocenters. The Balaban J connectivity index is 1.61. The first-order chi connectivity index (χ1) is 14.7. The van der Waals surface area contributed by atoms with Crippen LogP contribution < -0.4 is 10.6 Å². The van der Waals surface area contributed by atoms with Crippen LogP contribution in [0.2, 0.25) is 5.02 Å². The average molecular weight is 433 g/mol. The van der Waals surface area contributed by atoms with Gasteiger partial charge in [-0.2, -0.15) is 5.10 Å². The average Bonchev–Trinajstić information content (AvgIpc) is 3.44. The number of halogens is 1. The number of rotatable bonds is 4. The van der Waals surface area contributed by atoms with Gasteiger partial charge in [0.15, 0.2) is 10.9 Å². The van der Waals surface area contributed by atoms with Crippen molar-refractivity contribution in [2.45, 2.75) is 6.04 Å². The quantitative estimate of drug-likeness (QED) is 0.426. The Hall–Kier alpha value is -3.35. The molecular weight excluding hydrogens is 416 g/mol. The summed E-state index contributed by atoms with van der Waals surface area (Å²) in [6.45, 7) is 0. The van der Waals surface area contributed by atoms with Crippen molar-refractivity contribution in [3.8, 4) is 17.1 Å². The molecule has 2 N–H and O–H groups in total. The largest absolute Gasteiger partial charge is 0.463 e. The summed E-state index contributed by atoms with van der Waals surface area (Å²) in [5.41, 5.74) is 4.61. The summed E-state index contributed by atoms with van der Waals surface area (Å²) < 4.78 is 7.52. The normalized spacial score (nSPS) is 16.0. The second-order valence-electron chi connectivity index (χ2n) is 6.85. The molecule has 1 unspecified atom stereocenters. The molecule has 5 rings (SSSR count). The standard InChI is InChI=1S/C23H17ClN4OS/c24-16-10-8-15(9-11-16)19-13-20(26-23(30)25-19)18-14-28(17-5-2-1-3-6-17)27-22(18)21-7-4-12-29-21/h1-14,20H,(H2,25,26,30). The molecule has 2 aromatic heterocycles. The highest BCUT2D eigenvalue weighted by Gasteiger charge is 2.25. The molecule has 3 heterocycles. The van der Waals surface area contributed by atoms with Gasteiger partial charge in [-0.15, -0.1) is 0 Å². The van der Waals surface area contributed by atoms with Gasteiger partial charge < -0.3 is 15.1 Å². The van der Waals surface area contributed by atoms with Crippen molar-refractivity contribution >= 4 is 34.6 Å². The van der Waals surface area contributed by atoms with Gasteiger partial charge in [-0.25, -0.2) is 4.68 Å². The van der Waals surface area contributed by atoms with E-state index in [0.717, 1.165) is 28.2 Å². The topological polar surface area (TPSA) is 55.0 Å². The molecule has 148 valence electrons. The summed E-state index contributed by atoms with van der Waals surface area (Å²) in [5, 5.41) is 12.6. The lowest BCUT2D eigenvalue weighted by atomic mass is 10.0. The van der Waals surface area contributed by atoms with Gasteiger partial charge in [-0.3, -0.25) is 0 Å². The first-order valence-electron chi connectivity index (χ1n) is 9.41. The van der Waals surface area contributed by atoms with E-state index >= 15 is 0 Å². The molecular formula is C23H17ClN4OS. The molecule has 2 aromatic carbocycles. The number of para-hydroxylation sites is 1. The van der Waals surface area contributed by atoms with Gasteiger partial charge in [0.05, 0.1) is 18.0 Å². The molecule has 30 heavy (non-hydrogen) atoms. The van der Waals surface area contributed by atoms with E-state index in [4.69, 9.17) is 33.3 Å². The summed E-state index contributed by atoms with van der Waals surface area (Å²) >= 11 is 11.5. The van der Waals surface area contributed by atoms with Crippen LogP contribution in [0.1, 0.15) is 17.2 Å². The van der Waals surface area contributed by atoms with Crippen LogP contribution in [0.5, 0.6) is 0 Å². The minimum atomic E-state index is -0.179. The maximum absolute atomic E-state index is 6.04. The maximum Gasteiger partial charge on any atom is 0.171 e. The van der Waals surface area contributed by atoms with Crippen LogP contribution in [-0.2, 0) is 0 Å². The van der Waals surface area contributed by atoms with E-state index in [1.807, 2.05) is 77.6 Å². The highest BCUT2D eigenvalue weighted by molar-refractivity contribution is 7.80. The molecule has 0 fully saturated rings.